The van der Waals surface area contributed by atoms with Gasteiger partial charge in [0, 0.05) is 72.2 Å². The molecule has 0 saturated heterocycles. The fraction of sp³-hybridized carbons (Fsp3) is 0.107. The highest BCUT2D eigenvalue weighted by Gasteiger charge is 2.25. The topological polar surface area (TPSA) is 111 Å². The molecule has 2 aromatic carbocycles. The minimum Gasteiger partial charge on any atom is -0.398 e. The molecule has 2 N–H and O–H groups in total. The standard InChI is InChI=1S/C28H24FN5O3S/c1-17-6-8-20(9-7-17)38(36,37)34-16-23(18-5-4-12-31-14-18)22-13-19(15-32-27(22)34)21-10-11-24(30)25(26(21)29)28(35)33(2)3/h4-16H,30H2,1-3H3. The van der Waals surface area contributed by atoms with Gasteiger partial charge in [-0.3, -0.25) is 9.78 Å². The lowest BCUT2D eigenvalue weighted by atomic mass is 9.99. The number of benzene rings is 2. The van der Waals surface area contributed by atoms with Crippen LogP contribution in [-0.4, -0.2) is 47.3 Å². The summed E-state index contributed by atoms with van der Waals surface area (Å²) in [6, 6.07) is 14.7. The lowest BCUT2D eigenvalue weighted by molar-refractivity contribution is 0.0824. The summed E-state index contributed by atoms with van der Waals surface area (Å²) < 4.78 is 44.0. The molecule has 192 valence electrons. The Balaban J connectivity index is 1.76. The minimum absolute atomic E-state index is 0.0189. The second-order valence-electron chi connectivity index (χ2n) is 9.08. The number of fused-ring (bicyclic) bond motifs is 1. The molecule has 0 spiro atoms. The van der Waals surface area contributed by atoms with Crippen molar-refractivity contribution < 1.29 is 17.6 Å². The Hall–Kier alpha value is -4.57. The zero-order valence-electron chi connectivity index (χ0n) is 20.9. The van der Waals surface area contributed by atoms with Crippen LogP contribution in [0.1, 0.15) is 15.9 Å². The number of carbonyl (C=O) groups excluding carboxylic acids is 1. The van der Waals surface area contributed by atoms with Crippen LogP contribution in [0.15, 0.2) is 84.3 Å². The summed E-state index contributed by atoms with van der Waals surface area (Å²) in [6.07, 6.45) is 6.10. The molecule has 0 aliphatic carbocycles. The summed E-state index contributed by atoms with van der Waals surface area (Å²) in [6.45, 7) is 1.87. The van der Waals surface area contributed by atoms with Gasteiger partial charge in [-0.2, -0.15) is 0 Å². The number of rotatable bonds is 5. The van der Waals surface area contributed by atoms with Crippen molar-refractivity contribution in [2.45, 2.75) is 11.8 Å². The monoisotopic (exact) mass is 529 g/mol. The van der Waals surface area contributed by atoms with E-state index in [1.54, 1.807) is 54.9 Å². The number of hydrogen-bond acceptors (Lipinski definition) is 6. The van der Waals surface area contributed by atoms with Crippen molar-refractivity contribution in [1.29, 1.82) is 0 Å². The molecule has 1 amide bonds. The lowest BCUT2D eigenvalue weighted by Crippen LogP contribution is -2.24. The number of aryl methyl sites for hydroxylation is 1. The Labute approximate surface area is 219 Å². The molecule has 10 heteroatoms. The lowest BCUT2D eigenvalue weighted by Gasteiger charge is -2.15. The Bertz CT molecular complexity index is 1800. The first-order chi connectivity index (χ1) is 18.1. The van der Waals surface area contributed by atoms with E-state index in [-0.39, 0.29) is 27.4 Å². The molecule has 3 aromatic heterocycles. The van der Waals surface area contributed by atoms with E-state index in [1.165, 1.54) is 43.5 Å². The zero-order valence-corrected chi connectivity index (χ0v) is 21.7. The molecule has 0 atom stereocenters. The molecule has 5 aromatic rings. The fourth-order valence-electron chi connectivity index (χ4n) is 4.24. The molecule has 0 aliphatic rings. The number of hydrogen-bond donors (Lipinski definition) is 1. The van der Waals surface area contributed by atoms with Gasteiger partial charge in [0.2, 0.25) is 0 Å². The Morgan fingerprint density at radius 3 is 2.39 bits per heavy atom. The number of nitrogens with zero attached hydrogens (tertiary/aromatic N) is 4. The number of nitrogens with two attached hydrogens (primary N) is 1. The predicted octanol–water partition coefficient (Wildman–Crippen LogP) is 4.73. The smallest absolute Gasteiger partial charge is 0.269 e. The summed E-state index contributed by atoms with van der Waals surface area (Å²) in [5.41, 5.74) is 8.51. The minimum atomic E-state index is -4.00. The third kappa shape index (κ3) is 4.18. The maximum absolute atomic E-state index is 15.6. The molecule has 0 fully saturated rings. The molecule has 38 heavy (non-hydrogen) atoms. The molecule has 0 aliphatic heterocycles. The summed E-state index contributed by atoms with van der Waals surface area (Å²) in [5, 5.41) is 0.475. The van der Waals surface area contributed by atoms with Crippen LogP contribution in [0.2, 0.25) is 0 Å². The molecule has 0 radical (unpaired) electrons. The van der Waals surface area contributed by atoms with E-state index in [4.69, 9.17) is 5.73 Å². The van der Waals surface area contributed by atoms with E-state index < -0.39 is 21.7 Å². The number of pyridine rings is 2. The van der Waals surface area contributed by atoms with E-state index in [0.717, 1.165) is 9.54 Å². The van der Waals surface area contributed by atoms with Gasteiger partial charge in [-0.15, -0.1) is 0 Å². The molecule has 5 rings (SSSR count). The van der Waals surface area contributed by atoms with Crippen LogP contribution in [0.3, 0.4) is 0 Å². The third-order valence-electron chi connectivity index (χ3n) is 6.27. The maximum atomic E-state index is 15.6. The van der Waals surface area contributed by atoms with Crippen molar-refractivity contribution in [3.63, 3.8) is 0 Å². The van der Waals surface area contributed by atoms with Crippen molar-refractivity contribution in [3.05, 3.63) is 96.3 Å². The molecule has 0 unspecified atom stereocenters. The van der Waals surface area contributed by atoms with E-state index >= 15 is 4.39 Å². The van der Waals surface area contributed by atoms with Gasteiger partial charge in [0.05, 0.1) is 10.5 Å². The molecule has 0 saturated carbocycles. The Morgan fingerprint density at radius 1 is 1.00 bits per heavy atom. The fourth-order valence-corrected chi connectivity index (χ4v) is 5.57. The highest BCUT2D eigenvalue weighted by Crippen LogP contribution is 2.36. The van der Waals surface area contributed by atoms with Crippen molar-refractivity contribution >= 4 is 32.7 Å². The van der Waals surface area contributed by atoms with Crippen molar-refractivity contribution in [3.8, 4) is 22.3 Å². The van der Waals surface area contributed by atoms with E-state index in [1.807, 2.05) is 6.92 Å². The van der Waals surface area contributed by atoms with Gasteiger partial charge in [0.15, 0.2) is 5.65 Å². The maximum Gasteiger partial charge on any atom is 0.269 e. The van der Waals surface area contributed by atoms with Crippen molar-refractivity contribution in [2.75, 3.05) is 19.8 Å². The molecular formula is C28H24FN5O3S. The first kappa shape index (κ1) is 25.1. The summed E-state index contributed by atoms with van der Waals surface area (Å²) in [4.78, 5) is 22.6. The number of aromatic nitrogens is 3. The van der Waals surface area contributed by atoms with E-state index in [0.29, 0.717) is 22.1 Å². The third-order valence-corrected chi connectivity index (χ3v) is 7.93. The normalized spacial score (nSPS) is 11.6. The summed E-state index contributed by atoms with van der Waals surface area (Å²) in [5.74, 6) is -1.35. The number of halogens is 1. The van der Waals surface area contributed by atoms with Crippen LogP contribution in [0, 0.1) is 12.7 Å². The van der Waals surface area contributed by atoms with Crippen LogP contribution in [0.4, 0.5) is 10.1 Å². The van der Waals surface area contributed by atoms with E-state index in [9.17, 15) is 13.2 Å². The first-order valence-electron chi connectivity index (χ1n) is 11.6. The van der Waals surface area contributed by atoms with Crippen LogP contribution >= 0.6 is 0 Å². The highest BCUT2D eigenvalue weighted by atomic mass is 32.2. The average molecular weight is 530 g/mol. The van der Waals surface area contributed by atoms with Crippen molar-refractivity contribution in [2.24, 2.45) is 0 Å². The summed E-state index contributed by atoms with van der Waals surface area (Å²) in [7, 11) is -0.970. The average Bonchev–Trinajstić information content (AvgIpc) is 3.29. The zero-order chi connectivity index (χ0) is 27.2. The van der Waals surface area contributed by atoms with Crippen LogP contribution in [-0.2, 0) is 10.0 Å². The number of nitrogen functional groups attached to an aromatic ring is 1. The Kier molecular flexibility index (Phi) is 6.20. The quantitative estimate of drug-likeness (QED) is 0.330. The molecule has 0 bridgehead atoms. The van der Waals surface area contributed by atoms with E-state index in [2.05, 4.69) is 9.97 Å². The number of carbonyl (C=O) groups is 1. The second kappa shape index (κ2) is 9.38. The second-order valence-corrected chi connectivity index (χ2v) is 10.9. The SMILES string of the molecule is Cc1ccc(S(=O)(=O)n2cc(-c3cccnc3)c3cc(-c4ccc(N)c(C(=O)N(C)C)c4F)cnc32)cc1. The summed E-state index contributed by atoms with van der Waals surface area (Å²) >= 11 is 0. The van der Waals surface area contributed by atoms with Gasteiger partial charge in [-0.05, 0) is 43.3 Å². The van der Waals surface area contributed by atoms with Crippen LogP contribution in [0.25, 0.3) is 33.3 Å². The van der Waals surface area contributed by atoms with Gasteiger partial charge in [0.25, 0.3) is 15.9 Å². The largest absolute Gasteiger partial charge is 0.398 e. The number of amides is 1. The van der Waals surface area contributed by atoms with Gasteiger partial charge in [0.1, 0.15) is 5.82 Å². The molecular weight excluding hydrogens is 505 g/mol. The first-order valence-corrected chi connectivity index (χ1v) is 13.1. The predicted molar refractivity (Wildman–Crippen MR) is 145 cm³/mol. The number of anilines is 1. The van der Waals surface area contributed by atoms with Crippen LogP contribution < -0.4 is 5.73 Å². The van der Waals surface area contributed by atoms with Gasteiger partial charge < -0.3 is 10.6 Å². The van der Waals surface area contributed by atoms with Gasteiger partial charge in [-0.25, -0.2) is 21.8 Å². The highest BCUT2D eigenvalue weighted by molar-refractivity contribution is 7.90. The van der Waals surface area contributed by atoms with Gasteiger partial charge >= 0.3 is 0 Å². The molecule has 8 nitrogen and oxygen atoms in total. The molecule has 3 heterocycles. The van der Waals surface area contributed by atoms with Crippen molar-refractivity contribution in [1.82, 2.24) is 18.8 Å². The van der Waals surface area contributed by atoms with Gasteiger partial charge in [-0.1, -0.05) is 23.8 Å². The van der Waals surface area contributed by atoms with Crippen LogP contribution in [0.5, 0.6) is 0 Å². The Morgan fingerprint density at radius 2 is 1.74 bits per heavy atom.